The van der Waals surface area contributed by atoms with Crippen molar-refractivity contribution >= 4 is 45.9 Å². The highest BCUT2D eigenvalue weighted by molar-refractivity contribution is 8.15. The number of anilines is 1. The Morgan fingerprint density at radius 1 is 1.07 bits per heavy atom. The zero-order valence-corrected chi connectivity index (χ0v) is 16.8. The standard InChI is InChI=1S/C21H20N4O3S/c1-13(15-7-4-3-5-8-15)24-25-21-23-20(28)18(29-21)12-19(27)22-17-10-6-9-16(11-17)14(2)26/h3-11,18H,12H2,1-2H3,(H,22,27)(H,23,25,28)/b24-13-/t18-/m0/s1. The van der Waals surface area contributed by atoms with Gasteiger partial charge in [0.2, 0.25) is 11.8 Å². The van der Waals surface area contributed by atoms with Crippen LogP contribution < -0.4 is 10.6 Å². The molecule has 2 N–H and O–H groups in total. The van der Waals surface area contributed by atoms with E-state index in [2.05, 4.69) is 20.8 Å². The van der Waals surface area contributed by atoms with Crippen molar-refractivity contribution in [1.29, 1.82) is 0 Å². The van der Waals surface area contributed by atoms with E-state index < -0.39 is 5.25 Å². The summed E-state index contributed by atoms with van der Waals surface area (Å²) in [5, 5.41) is 13.4. The van der Waals surface area contributed by atoms with Gasteiger partial charge in [0, 0.05) is 17.7 Å². The highest BCUT2D eigenvalue weighted by Crippen LogP contribution is 2.23. The van der Waals surface area contributed by atoms with Crippen molar-refractivity contribution in [2.45, 2.75) is 25.5 Å². The van der Waals surface area contributed by atoms with E-state index in [0.717, 1.165) is 11.3 Å². The number of Topliss-reactive ketones (excluding diaryl/α,β-unsaturated/α-hetero) is 1. The molecule has 29 heavy (non-hydrogen) atoms. The van der Waals surface area contributed by atoms with E-state index in [-0.39, 0.29) is 24.0 Å². The average molecular weight is 408 g/mol. The minimum absolute atomic E-state index is 0.0127. The molecule has 2 aromatic carbocycles. The number of amidine groups is 1. The van der Waals surface area contributed by atoms with Crippen molar-refractivity contribution in [1.82, 2.24) is 5.32 Å². The molecule has 8 heteroatoms. The van der Waals surface area contributed by atoms with Crippen molar-refractivity contribution in [3.8, 4) is 0 Å². The lowest BCUT2D eigenvalue weighted by Gasteiger charge is -2.08. The zero-order chi connectivity index (χ0) is 20.8. The second-order valence-electron chi connectivity index (χ2n) is 6.44. The van der Waals surface area contributed by atoms with Crippen molar-refractivity contribution in [2.24, 2.45) is 10.2 Å². The molecule has 0 aromatic heterocycles. The van der Waals surface area contributed by atoms with Crippen LogP contribution in [0.25, 0.3) is 0 Å². The Bertz CT molecular complexity index is 1000. The van der Waals surface area contributed by atoms with Gasteiger partial charge in [-0.2, -0.15) is 5.10 Å². The summed E-state index contributed by atoms with van der Waals surface area (Å²) in [6.07, 6.45) is -0.0127. The smallest absolute Gasteiger partial charge is 0.240 e. The lowest BCUT2D eigenvalue weighted by molar-refractivity contribution is -0.122. The van der Waals surface area contributed by atoms with E-state index in [0.29, 0.717) is 16.4 Å². The van der Waals surface area contributed by atoms with Crippen LogP contribution in [0.3, 0.4) is 0 Å². The molecular formula is C21H20N4O3S. The van der Waals surface area contributed by atoms with Gasteiger partial charge >= 0.3 is 0 Å². The lowest BCUT2D eigenvalue weighted by atomic mass is 10.1. The summed E-state index contributed by atoms with van der Waals surface area (Å²) in [7, 11) is 0. The molecule has 0 aliphatic carbocycles. The average Bonchev–Trinajstić information content (AvgIpc) is 3.06. The molecule has 1 heterocycles. The van der Waals surface area contributed by atoms with Gasteiger partial charge in [-0.3, -0.25) is 14.4 Å². The van der Waals surface area contributed by atoms with Crippen LogP contribution in [0.2, 0.25) is 0 Å². The first kappa shape index (κ1) is 20.5. The Labute approximate surface area is 172 Å². The molecule has 2 amide bonds. The molecule has 0 radical (unpaired) electrons. The first-order chi connectivity index (χ1) is 13.9. The third-order valence-electron chi connectivity index (χ3n) is 4.18. The number of thioether (sulfide) groups is 1. The number of carbonyl (C=O) groups is 3. The van der Waals surface area contributed by atoms with E-state index >= 15 is 0 Å². The van der Waals surface area contributed by atoms with E-state index in [9.17, 15) is 14.4 Å². The van der Waals surface area contributed by atoms with Crippen molar-refractivity contribution in [2.75, 3.05) is 5.32 Å². The third kappa shape index (κ3) is 5.61. The zero-order valence-electron chi connectivity index (χ0n) is 16.0. The fraction of sp³-hybridized carbons (Fsp3) is 0.190. The van der Waals surface area contributed by atoms with Crippen LogP contribution >= 0.6 is 11.8 Å². The predicted octanol–water partition coefficient (Wildman–Crippen LogP) is 3.23. The summed E-state index contributed by atoms with van der Waals surface area (Å²) in [6.45, 7) is 3.30. The minimum atomic E-state index is -0.586. The largest absolute Gasteiger partial charge is 0.326 e. The molecule has 0 unspecified atom stereocenters. The predicted molar refractivity (Wildman–Crippen MR) is 115 cm³/mol. The number of amides is 2. The Balaban J connectivity index is 1.60. The number of hydrogen-bond acceptors (Lipinski definition) is 6. The van der Waals surface area contributed by atoms with Crippen LogP contribution in [0, 0.1) is 0 Å². The number of hydrogen-bond donors (Lipinski definition) is 2. The summed E-state index contributed by atoms with van der Waals surface area (Å²) in [5.41, 5.74) is 2.69. The molecule has 1 aliphatic rings. The fourth-order valence-corrected chi connectivity index (χ4v) is 3.56. The maximum Gasteiger partial charge on any atom is 0.240 e. The van der Waals surface area contributed by atoms with Gasteiger partial charge in [0.15, 0.2) is 11.0 Å². The minimum Gasteiger partial charge on any atom is -0.326 e. The number of rotatable bonds is 6. The Kier molecular flexibility index (Phi) is 6.56. The highest BCUT2D eigenvalue weighted by atomic mass is 32.2. The molecule has 2 aromatic rings. The highest BCUT2D eigenvalue weighted by Gasteiger charge is 2.32. The number of ketones is 1. The van der Waals surface area contributed by atoms with Crippen LogP contribution in [0.15, 0.2) is 64.8 Å². The van der Waals surface area contributed by atoms with Gasteiger partial charge in [0.25, 0.3) is 0 Å². The van der Waals surface area contributed by atoms with E-state index in [4.69, 9.17) is 0 Å². The summed E-state index contributed by atoms with van der Waals surface area (Å²) in [5.74, 6) is -0.684. The van der Waals surface area contributed by atoms with E-state index in [1.807, 2.05) is 37.3 Å². The molecular weight excluding hydrogens is 388 g/mol. The van der Waals surface area contributed by atoms with Gasteiger partial charge in [0.1, 0.15) is 5.25 Å². The Hall–Kier alpha value is -3.26. The lowest BCUT2D eigenvalue weighted by Crippen LogP contribution is -2.28. The normalized spacial score (nSPS) is 17.9. The van der Waals surface area contributed by atoms with Gasteiger partial charge in [-0.1, -0.05) is 54.2 Å². The van der Waals surface area contributed by atoms with Crippen LogP contribution in [0.5, 0.6) is 0 Å². The molecule has 1 aliphatic heterocycles. The van der Waals surface area contributed by atoms with E-state index in [1.165, 1.54) is 18.7 Å². The second-order valence-corrected chi connectivity index (χ2v) is 7.63. The van der Waals surface area contributed by atoms with Gasteiger partial charge in [-0.15, -0.1) is 5.10 Å². The maximum atomic E-state index is 12.3. The van der Waals surface area contributed by atoms with Crippen molar-refractivity contribution < 1.29 is 14.4 Å². The molecule has 7 nitrogen and oxygen atoms in total. The first-order valence-corrected chi connectivity index (χ1v) is 9.86. The third-order valence-corrected chi connectivity index (χ3v) is 5.25. The van der Waals surface area contributed by atoms with Gasteiger partial charge in [-0.25, -0.2) is 0 Å². The maximum absolute atomic E-state index is 12.3. The van der Waals surface area contributed by atoms with Gasteiger partial charge in [-0.05, 0) is 31.5 Å². The van der Waals surface area contributed by atoms with Crippen LogP contribution in [-0.4, -0.2) is 33.7 Å². The molecule has 1 saturated heterocycles. The molecule has 3 rings (SSSR count). The summed E-state index contributed by atoms with van der Waals surface area (Å²) in [4.78, 5) is 35.9. The molecule has 0 spiro atoms. The monoisotopic (exact) mass is 408 g/mol. The molecule has 148 valence electrons. The van der Waals surface area contributed by atoms with Gasteiger partial charge in [0.05, 0.1) is 5.71 Å². The van der Waals surface area contributed by atoms with Crippen molar-refractivity contribution in [3.63, 3.8) is 0 Å². The number of nitrogens with zero attached hydrogens (tertiary/aromatic N) is 2. The quantitative estimate of drug-likeness (QED) is 0.435. The number of benzene rings is 2. The van der Waals surface area contributed by atoms with E-state index in [1.54, 1.807) is 24.3 Å². The molecule has 1 atom stereocenters. The Morgan fingerprint density at radius 3 is 2.52 bits per heavy atom. The van der Waals surface area contributed by atoms with Crippen LogP contribution in [0.4, 0.5) is 5.69 Å². The van der Waals surface area contributed by atoms with Crippen LogP contribution in [0.1, 0.15) is 36.2 Å². The SMILES string of the molecule is CC(=O)c1cccc(NC(=O)C[C@@H]2S/C(=N/N=C(/C)c3ccccc3)NC2=O)c1. The van der Waals surface area contributed by atoms with Crippen molar-refractivity contribution in [3.05, 3.63) is 65.7 Å². The van der Waals surface area contributed by atoms with Crippen LogP contribution in [-0.2, 0) is 9.59 Å². The number of carbonyl (C=O) groups excluding carboxylic acids is 3. The summed E-state index contributed by atoms with van der Waals surface area (Å²) < 4.78 is 0. The second kappa shape index (κ2) is 9.29. The summed E-state index contributed by atoms with van der Waals surface area (Å²) in [6, 6.07) is 16.3. The molecule has 1 fully saturated rings. The van der Waals surface area contributed by atoms with Gasteiger partial charge < -0.3 is 10.6 Å². The number of nitrogens with one attached hydrogen (secondary N) is 2. The first-order valence-electron chi connectivity index (χ1n) is 8.98. The molecule has 0 saturated carbocycles. The summed E-state index contributed by atoms with van der Waals surface area (Å²) >= 11 is 1.17. The Morgan fingerprint density at radius 2 is 1.79 bits per heavy atom. The fourth-order valence-electron chi connectivity index (χ4n) is 2.64. The molecule has 0 bridgehead atoms. The topological polar surface area (TPSA) is 100.0 Å².